The van der Waals surface area contributed by atoms with E-state index in [2.05, 4.69) is 218 Å². The molecule has 3 heteroatoms. The van der Waals surface area contributed by atoms with Crippen molar-refractivity contribution in [3.63, 3.8) is 0 Å². The number of aromatic nitrogens is 1. The smallest absolute Gasteiger partial charge is 0.0991 e. The van der Waals surface area contributed by atoms with Crippen LogP contribution in [0, 0.1) is 18.3 Å². The fourth-order valence-corrected chi connectivity index (χ4v) is 9.02. The standard InChI is InChI=1S/C50H35N.C10H12N2.C3H6/c1-33-18-24-49-47(26-33)48-31-40(35-12-6-3-7-13-35)22-25-50(48)51(49)44-23-21-43-29-42-20-19-41(30-45(42)46(43)32-44)39-17-9-16-38(28-39)37-15-8-14-36(27-37)34-10-4-2-5-11-34;1-2-7-12-10-5-3-9(8-11)4-6-10;1-3-2/h2-28,30-32H,29H2,1H3;3-6,12H,2,7H2,1H3;3H,1H2,2H3. The Morgan fingerprint density at radius 3 is 1.61 bits per heavy atom. The molecular weight excluding hydrogens is 799 g/mol. The van der Waals surface area contributed by atoms with Crippen LogP contribution < -0.4 is 5.32 Å². The normalized spacial score (nSPS) is 11.1. The van der Waals surface area contributed by atoms with Crippen molar-refractivity contribution >= 4 is 27.5 Å². The Kier molecular flexibility index (Phi) is 12.8. The van der Waals surface area contributed by atoms with Gasteiger partial charge in [-0.15, -0.1) is 6.58 Å². The highest BCUT2D eigenvalue weighted by Gasteiger charge is 2.22. The Balaban J connectivity index is 0.000000315. The first-order valence-corrected chi connectivity index (χ1v) is 22.9. The van der Waals surface area contributed by atoms with Crippen LogP contribution in [0.2, 0.25) is 0 Å². The van der Waals surface area contributed by atoms with Crippen LogP contribution in [0.4, 0.5) is 5.69 Å². The van der Waals surface area contributed by atoms with Crippen molar-refractivity contribution in [1.29, 1.82) is 5.26 Å². The van der Waals surface area contributed by atoms with E-state index in [4.69, 9.17) is 5.26 Å². The zero-order valence-corrected chi connectivity index (χ0v) is 37.9. The van der Waals surface area contributed by atoms with Crippen molar-refractivity contribution in [1.82, 2.24) is 4.57 Å². The summed E-state index contributed by atoms with van der Waals surface area (Å²) >= 11 is 0. The van der Waals surface area contributed by atoms with Gasteiger partial charge in [0.25, 0.3) is 0 Å². The molecule has 1 aliphatic rings. The summed E-state index contributed by atoms with van der Waals surface area (Å²) in [6.07, 6.45) is 3.82. The number of hydrogen-bond acceptors (Lipinski definition) is 2. The number of rotatable bonds is 8. The van der Waals surface area contributed by atoms with Gasteiger partial charge in [0.1, 0.15) is 0 Å². The molecule has 9 aromatic carbocycles. The molecule has 320 valence electrons. The molecule has 0 bridgehead atoms. The van der Waals surface area contributed by atoms with Crippen LogP contribution in [-0.4, -0.2) is 11.1 Å². The van der Waals surface area contributed by atoms with Crippen LogP contribution in [0.25, 0.3) is 83.1 Å². The maximum atomic E-state index is 8.53. The van der Waals surface area contributed by atoms with Gasteiger partial charge in [-0.05, 0) is 172 Å². The van der Waals surface area contributed by atoms with Crippen molar-refractivity contribution < 1.29 is 0 Å². The third kappa shape index (κ3) is 9.09. The zero-order chi connectivity index (χ0) is 45.4. The molecule has 0 saturated carbocycles. The molecule has 0 aliphatic heterocycles. The van der Waals surface area contributed by atoms with Gasteiger partial charge in [-0.25, -0.2) is 0 Å². The average Bonchev–Trinajstić information content (AvgIpc) is 3.91. The molecule has 1 aromatic heterocycles. The number of hydrogen-bond donors (Lipinski definition) is 1. The van der Waals surface area contributed by atoms with Crippen LogP contribution in [-0.2, 0) is 6.42 Å². The first-order chi connectivity index (χ1) is 32.4. The van der Waals surface area contributed by atoms with Crippen molar-refractivity contribution in [3.05, 3.63) is 241 Å². The Morgan fingerprint density at radius 1 is 0.530 bits per heavy atom. The number of fused-ring (bicyclic) bond motifs is 6. The highest BCUT2D eigenvalue weighted by Crippen LogP contribution is 2.42. The SMILES string of the molecule is C=CC.CCCNc1ccc(C#N)cc1.Cc1ccc2c(c1)c1cc(-c3ccccc3)ccc1n2-c1ccc2c(c1)-c1cc(-c3cccc(-c4cccc(-c5ccccc5)c4)c3)ccc1C2. The minimum absolute atomic E-state index is 0.706. The first kappa shape index (κ1) is 43.1. The molecule has 1 N–H and O–H groups in total. The number of anilines is 1. The summed E-state index contributed by atoms with van der Waals surface area (Å²) in [4.78, 5) is 0. The number of nitrogens with one attached hydrogen (secondary N) is 1. The molecule has 0 amide bonds. The molecule has 0 saturated heterocycles. The Morgan fingerprint density at radius 2 is 1.02 bits per heavy atom. The van der Waals surface area contributed by atoms with Gasteiger partial charge >= 0.3 is 0 Å². The maximum absolute atomic E-state index is 8.53. The third-order valence-electron chi connectivity index (χ3n) is 12.3. The summed E-state index contributed by atoms with van der Waals surface area (Å²) in [5, 5.41) is 14.3. The summed E-state index contributed by atoms with van der Waals surface area (Å²) in [5.41, 5.74) is 22.1. The van der Waals surface area contributed by atoms with E-state index in [1.807, 2.05) is 31.2 Å². The van der Waals surface area contributed by atoms with E-state index in [1.165, 1.54) is 99.8 Å². The summed E-state index contributed by atoms with van der Waals surface area (Å²) in [6.45, 7) is 10.5. The third-order valence-corrected chi connectivity index (χ3v) is 12.3. The number of aryl methyl sites for hydroxylation is 1. The molecule has 11 rings (SSSR count). The fraction of sp³-hybridized carbons (Fsp3) is 0.0952. The Bertz CT molecular complexity index is 3350. The highest BCUT2D eigenvalue weighted by atomic mass is 15.0. The minimum atomic E-state index is 0.706. The van der Waals surface area contributed by atoms with E-state index in [1.54, 1.807) is 6.08 Å². The van der Waals surface area contributed by atoms with Gasteiger partial charge in [0.2, 0.25) is 0 Å². The predicted octanol–water partition coefficient (Wildman–Crippen LogP) is 16.9. The van der Waals surface area contributed by atoms with E-state index in [9.17, 15) is 0 Å². The molecule has 0 radical (unpaired) electrons. The van der Waals surface area contributed by atoms with Gasteiger partial charge < -0.3 is 9.88 Å². The Labute approximate surface area is 389 Å². The number of nitriles is 1. The predicted molar refractivity (Wildman–Crippen MR) is 281 cm³/mol. The lowest BCUT2D eigenvalue weighted by Crippen LogP contribution is -1.98. The van der Waals surface area contributed by atoms with Gasteiger partial charge in [-0.3, -0.25) is 0 Å². The van der Waals surface area contributed by atoms with E-state index in [-0.39, 0.29) is 0 Å². The van der Waals surface area contributed by atoms with E-state index in [0.29, 0.717) is 5.56 Å². The second-order valence-corrected chi connectivity index (χ2v) is 16.9. The fourth-order valence-electron chi connectivity index (χ4n) is 9.02. The van der Waals surface area contributed by atoms with Gasteiger partial charge in [-0.1, -0.05) is 146 Å². The van der Waals surface area contributed by atoms with Crippen molar-refractivity contribution in [2.75, 3.05) is 11.9 Å². The average molecular weight is 852 g/mol. The van der Waals surface area contributed by atoms with Crippen molar-refractivity contribution in [2.24, 2.45) is 0 Å². The molecule has 0 spiro atoms. The molecule has 1 aliphatic carbocycles. The second-order valence-electron chi connectivity index (χ2n) is 16.9. The zero-order valence-electron chi connectivity index (χ0n) is 37.9. The van der Waals surface area contributed by atoms with Crippen molar-refractivity contribution in [3.8, 4) is 67.4 Å². The van der Waals surface area contributed by atoms with Crippen LogP contribution in [0.5, 0.6) is 0 Å². The van der Waals surface area contributed by atoms with Gasteiger partial charge in [0.15, 0.2) is 0 Å². The molecule has 1 heterocycles. The quantitative estimate of drug-likeness (QED) is 0.155. The van der Waals surface area contributed by atoms with Gasteiger partial charge in [-0.2, -0.15) is 5.26 Å². The van der Waals surface area contributed by atoms with Crippen molar-refractivity contribution in [2.45, 2.75) is 33.6 Å². The molecule has 0 unspecified atom stereocenters. The summed E-state index contributed by atoms with van der Waals surface area (Å²) in [6, 6.07) is 76.6. The van der Waals surface area contributed by atoms with E-state index >= 15 is 0 Å². The van der Waals surface area contributed by atoms with Crippen LogP contribution in [0.1, 0.15) is 42.5 Å². The molecule has 0 fully saturated rings. The van der Waals surface area contributed by atoms with Gasteiger partial charge in [0.05, 0.1) is 22.7 Å². The first-order valence-electron chi connectivity index (χ1n) is 22.9. The second kappa shape index (κ2) is 19.7. The lowest BCUT2D eigenvalue weighted by atomic mass is 9.94. The lowest BCUT2D eigenvalue weighted by molar-refractivity contribution is 0.980. The number of nitrogens with zero attached hydrogens (tertiary/aromatic N) is 2. The molecule has 66 heavy (non-hydrogen) atoms. The van der Waals surface area contributed by atoms with Crippen LogP contribution >= 0.6 is 0 Å². The summed E-state index contributed by atoms with van der Waals surface area (Å²) in [7, 11) is 0. The van der Waals surface area contributed by atoms with Crippen LogP contribution in [0.15, 0.2) is 219 Å². The Hall–Kier alpha value is -8.19. The molecular formula is C63H53N3. The summed E-state index contributed by atoms with van der Waals surface area (Å²) in [5.74, 6) is 0. The molecule has 0 atom stereocenters. The minimum Gasteiger partial charge on any atom is -0.385 e. The van der Waals surface area contributed by atoms with Gasteiger partial charge in [0, 0.05) is 28.7 Å². The lowest BCUT2D eigenvalue weighted by Gasteiger charge is -2.12. The highest BCUT2D eigenvalue weighted by molar-refractivity contribution is 6.11. The molecule has 3 nitrogen and oxygen atoms in total. The monoisotopic (exact) mass is 851 g/mol. The van der Waals surface area contributed by atoms with E-state index in [0.717, 1.165) is 25.1 Å². The summed E-state index contributed by atoms with van der Waals surface area (Å²) < 4.78 is 2.45. The largest absolute Gasteiger partial charge is 0.385 e. The number of allylic oxidation sites excluding steroid dienone is 1. The topological polar surface area (TPSA) is 40.8 Å². The van der Waals surface area contributed by atoms with Crippen LogP contribution in [0.3, 0.4) is 0 Å². The van der Waals surface area contributed by atoms with E-state index < -0.39 is 0 Å². The molecule has 10 aromatic rings. The number of benzene rings is 9. The maximum Gasteiger partial charge on any atom is 0.0991 e.